The molecule has 3 unspecified atom stereocenters. The fraction of sp³-hybridized carbons (Fsp3) is 0.500. The van der Waals surface area contributed by atoms with Gasteiger partial charge in [-0.15, -0.1) is 0 Å². The minimum atomic E-state index is -0.897. The number of Topliss-reactive ketones (excluding diaryl/α,β-unsaturated/α-hetero) is 2. The number of aromatic nitrogens is 1. The zero-order chi connectivity index (χ0) is 20.9. The molecule has 0 saturated carbocycles. The van der Waals surface area contributed by atoms with Crippen LogP contribution in [0.1, 0.15) is 37.8 Å². The van der Waals surface area contributed by atoms with Crippen LogP contribution in [-0.4, -0.2) is 35.8 Å². The van der Waals surface area contributed by atoms with Crippen LogP contribution in [0.4, 0.5) is 5.13 Å². The summed E-state index contributed by atoms with van der Waals surface area (Å²) in [6.07, 6.45) is 1.35. The Balaban J connectivity index is 1.55. The molecule has 3 atom stereocenters. The van der Waals surface area contributed by atoms with Gasteiger partial charge in [0.25, 0.3) is 0 Å². The molecule has 6 nitrogen and oxygen atoms in total. The first-order chi connectivity index (χ1) is 13.8. The van der Waals surface area contributed by atoms with E-state index >= 15 is 0 Å². The summed E-state index contributed by atoms with van der Waals surface area (Å²) in [5.41, 5.74) is 10.6. The van der Waals surface area contributed by atoms with Crippen molar-refractivity contribution in [2.45, 2.75) is 52.7 Å². The Morgan fingerprint density at radius 3 is 2.66 bits per heavy atom. The number of fused-ring (bicyclic) bond motifs is 1. The number of ether oxygens (including phenoxy) is 1. The second-order valence-electron chi connectivity index (χ2n) is 8.35. The fourth-order valence-electron chi connectivity index (χ4n) is 4.73. The first-order valence-corrected chi connectivity index (χ1v) is 10.9. The molecule has 2 aliphatic rings. The van der Waals surface area contributed by atoms with Crippen LogP contribution in [-0.2, 0) is 14.3 Å². The van der Waals surface area contributed by atoms with E-state index in [0.717, 1.165) is 22.2 Å². The van der Waals surface area contributed by atoms with Crippen molar-refractivity contribution in [3.05, 3.63) is 34.4 Å². The molecule has 0 bridgehead atoms. The summed E-state index contributed by atoms with van der Waals surface area (Å²) >= 11 is 1.51. The number of hydrazine groups is 1. The molecule has 1 aromatic heterocycles. The van der Waals surface area contributed by atoms with Gasteiger partial charge >= 0.3 is 0 Å². The minimum absolute atomic E-state index is 0.0207. The van der Waals surface area contributed by atoms with Crippen molar-refractivity contribution < 1.29 is 14.3 Å². The lowest BCUT2D eigenvalue weighted by molar-refractivity contribution is -0.124. The molecular weight excluding hydrogens is 386 g/mol. The third-order valence-corrected chi connectivity index (χ3v) is 7.11. The largest absolute Gasteiger partial charge is 0.381 e. The molecule has 2 aromatic rings. The lowest BCUT2D eigenvalue weighted by atomic mass is 9.75. The molecule has 2 N–H and O–H groups in total. The number of anilines is 1. The summed E-state index contributed by atoms with van der Waals surface area (Å²) in [7, 11) is 1.68. The van der Waals surface area contributed by atoms with Crippen LogP contribution in [0.25, 0.3) is 10.2 Å². The van der Waals surface area contributed by atoms with Crippen molar-refractivity contribution in [1.29, 1.82) is 0 Å². The molecule has 0 saturated heterocycles. The van der Waals surface area contributed by atoms with Crippen LogP contribution in [0.3, 0.4) is 0 Å². The van der Waals surface area contributed by atoms with E-state index in [-0.39, 0.29) is 29.5 Å². The third-order valence-electron chi connectivity index (χ3n) is 5.99. The molecule has 2 aliphatic carbocycles. The number of nitrogens with one attached hydrogen (secondary N) is 2. The first-order valence-electron chi connectivity index (χ1n) is 10.1. The Hall–Kier alpha value is -2.09. The Morgan fingerprint density at radius 2 is 1.97 bits per heavy atom. The highest BCUT2D eigenvalue weighted by molar-refractivity contribution is 7.22. The molecule has 4 rings (SSSR count). The second kappa shape index (κ2) is 7.63. The summed E-state index contributed by atoms with van der Waals surface area (Å²) in [5.74, 6) is -0.0683. The van der Waals surface area contributed by atoms with E-state index in [1.807, 2.05) is 13.0 Å². The van der Waals surface area contributed by atoms with Gasteiger partial charge in [-0.1, -0.05) is 31.3 Å². The standard InChI is InChI=1S/C22H27N3O3S/c1-10(2)16-15(28-5)7-6-13-17(16)20(27)18(19(13)26)24-25-22-23-14-9-11(3)8-12(4)21(14)29-22/h8-10,15-16,18,24H,6-7H2,1-5H3,(H,23,25). The van der Waals surface area contributed by atoms with Crippen molar-refractivity contribution in [1.82, 2.24) is 10.4 Å². The Morgan fingerprint density at radius 1 is 1.21 bits per heavy atom. The number of benzene rings is 1. The number of methoxy groups -OCH3 is 1. The summed E-state index contributed by atoms with van der Waals surface area (Å²) in [4.78, 5) is 30.7. The van der Waals surface area contributed by atoms with Crippen LogP contribution in [0, 0.1) is 25.7 Å². The number of hydrogen-bond acceptors (Lipinski definition) is 7. The van der Waals surface area contributed by atoms with Gasteiger partial charge in [-0.25, -0.2) is 10.4 Å². The Labute approximate surface area is 174 Å². The minimum Gasteiger partial charge on any atom is -0.381 e. The van der Waals surface area contributed by atoms with Gasteiger partial charge in [0.1, 0.15) is 0 Å². The number of carbonyl (C=O) groups excluding carboxylic acids is 2. The quantitative estimate of drug-likeness (QED) is 0.574. The zero-order valence-corrected chi connectivity index (χ0v) is 18.3. The van der Waals surface area contributed by atoms with Crippen LogP contribution in [0.15, 0.2) is 23.3 Å². The van der Waals surface area contributed by atoms with Crippen molar-refractivity contribution in [2.24, 2.45) is 11.8 Å². The number of carbonyl (C=O) groups is 2. The molecule has 29 heavy (non-hydrogen) atoms. The van der Waals surface area contributed by atoms with E-state index in [0.29, 0.717) is 22.7 Å². The topological polar surface area (TPSA) is 80.3 Å². The molecule has 0 spiro atoms. The lowest BCUT2D eigenvalue weighted by Gasteiger charge is -2.34. The van der Waals surface area contributed by atoms with Crippen molar-refractivity contribution in [3.63, 3.8) is 0 Å². The number of thiazole rings is 1. The molecule has 0 radical (unpaired) electrons. The molecule has 1 heterocycles. The SMILES string of the molecule is COC1CCC2=C(C(=O)C(NNc3nc4cc(C)cc(C)c4s3)C2=O)C1C(C)C. The second-order valence-corrected chi connectivity index (χ2v) is 9.35. The van der Waals surface area contributed by atoms with Gasteiger partial charge < -0.3 is 4.74 Å². The number of hydrogen-bond donors (Lipinski definition) is 2. The van der Waals surface area contributed by atoms with Gasteiger partial charge in [0, 0.05) is 24.2 Å². The van der Waals surface area contributed by atoms with E-state index in [1.54, 1.807) is 7.11 Å². The van der Waals surface area contributed by atoms with Gasteiger partial charge in [0.05, 0.1) is 16.3 Å². The molecule has 1 aromatic carbocycles. The molecule has 0 amide bonds. The number of ketones is 2. The van der Waals surface area contributed by atoms with Crippen molar-refractivity contribution in [2.75, 3.05) is 12.5 Å². The van der Waals surface area contributed by atoms with Crippen LogP contribution in [0.2, 0.25) is 0 Å². The fourth-order valence-corrected chi connectivity index (χ4v) is 5.60. The highest BCUT2D eigenvalue weighted by Crippen LogP contribution is 2.41. The van der Waals surface area contributed by atoms with Crippen LogP contribution >= 0.6 is 11.3 Å². The number of aryl methyl sites for hydroxylation is 2. The normalized spacial score (nSPS) is 24.7. The number of rotatable bonds is 5. The van der Waals surface area contributed by atoms with Gasteiger partial charge in [-0.2, -0.15) is 0 Å². The average Bonchev–Trinajstić information content (AvgIpc) is 3.18. The van der Waals surface area contributed by atoms with Gasteiger partial charge in [0.15, 0.2) is 22.7 Å². The predicted octanol–water partition coefficient (Wildman–Crippen LogP) is 3.73. The Bertz CT molecular complexity index is 1020. The maximum absolute atomic E-state index is 13.2. The average molecular weight is 414 g/mol. The van der Waals surface area contributed by atoms with Crippen LogP contribution in [0.5, 0.6) is 0 Å². The van der Waals surface area contributed by atoms with E-state index < -0.39 is 6.04 Å². The van der Waals surface area contributed by atoms with Crippen LogP contribution < -0.4 is 10.9 Å². The molecular formula is C22H27N3O3S. The molecule has 0 fully saturated rings. The van der Waals surface area contributed by atoms with E-state index in [1.165, 1.54) is 16.9 Å². The smallest absolute Gasteiger partial charge is 0.198 e. The monoisotopic (exact) mass is 413 g/mol. The molecule has 7 heteroatoms. The van der Waals surface area contributed by atoms with Crippen molar-refractivity contribution >= 4 is 38.3 Å². The van der Waals surface area contributed by atoms with Gasteiger partial charge in [-0.05, 0) is 49.8 Å². The first kappa shape index (κ1) is 20.2. The maximum atomic E-state index is 13.2. The lowest BCUT2D eigenvalue weighted by Crippen LogP contribution is -2.44. The number of nitrogens with zero attached hydrogens (tertiary/aromatic N) is 1. The highest BCUT2D eigenvalue weighted by atomic mass is 32.1. The highest BCUT2D eigenvalue weighted by Gasteiger charge is 2.48. The zero-order valence-electron chi connectivity index (χ0n) is 17.5. The summed E-state index contributed by atoms with van der Waals surface area (Å²) in [6.45, 7) is 8.26. The van der Waals surface area contributed by atoms with E-state index in [2.05, 4.69) is 42.7 Å². The van der Waals surface area contributed by atoms with Gasteiger partial charge in [-0.3, -0.25) is 15.0 Å². The van der Waals surface area contributed by atoms with Gasteiger partial charge in [0.2, 0.25) is 0 Å². The van der Waals surface area contributed by atoms with Crippen molar-refractivity contribution in [3.8, 4) is 0 Å². The van der Waals surface area contributed by atoms with E-state index in [4.69, 9.17) is 4.74 Å². The summed E-state index contributed by atoms with van der Waals surface area (Å²) in [6, 6.07) is 3.26. The Kier molecular flexibility index (Phi) is 5.31. The molecule has 0 aliphatic heterocycles. The summed E-state index contributed by atoms with van der Waals surface area (Å²) in [5, 5.41) is 0.648. The van der Waals surface area contributed by atoms with E-state index in [9.17, 15) is 9.59 Å². The maximum Gasteiger partial charge on any atom is 0.198 e. The predicted molar refractivity (Wildman–Crippen MR) is 115 cm³/mol. The molecule has 154 valence electrons. The third kappa shape index (κ3) is 3.41. The summed E-state index contributed by atoms with van der Waals surface area (Å²) < 4.78 is 6.73.